The average Bonchev–Trinajstić information content (AvgIpc) is 2.61. The van der Waals surface area contributed by atoms with Crippen LogP contribution in [0.1, 0.15) is 51.1 Å². The van der Waals surface area contributed by atoms with Gasteiger partial charge in [0.25, 0.3) is 0 Å². The molecule has 1 N–H and O–H groups in total. The molecule has 0 bridgehead atoms. The van der Waals surface area contributed by atoms with E-state index in [0.717, 1.165) is 30.6 Å². The Morgan fingerprint density at radius 1 is 1.12 bits per heavy atom. The molecule has 1 aliphatic heterocycles. The van der Waals surface area contributed by atoms with Crippen LogP contribution in [0.4, 0.5) is 11.4 Å². The minimum atomic E-state index is 0.0872. The first kappa shape index (κ1) is 16.6. The Morgan fingerprint density at radius 2 is 1.83 bits per heavy atom. The van der Waals surface area contributed by atoms with Crippen LogP contribution in [0.3, 0.4) is 0 Å². The van der Waals surface area contributed by atoms with Crippen LogP contribution in [0, 0.1) is 0 Å². The zero-order valence-corrected chi connectivity index (χ0v) is 14.5. The van der Waals surface area contributed by atoms with Crippen molar-refractivity contribution in [1.82, 2.24) is 0 Å². The maximum atomic E-state index is 13.0. The SMILES string of the molecule is CCCCC(=O)N(c1ccccc1)[C@@H]1C[C@@H](C)Nc2ccccc21. The number of amides is 1. The molecule has 24 heavy (non-hydrogen) atoms. The van der Waals surface area contributed by atoms with Crippen molar-refractivity contribution in [1.29, 1.82) is 0 Å². The standard InChI is InChI=1S/C21H26N2O/c1-3-4-14-21(24)23(17-10-6-5-7-11-17)20-15-16(2)22-19-13-9-8-12-18(19)20/h5-13,16,20,22H,3-4,14-15H2,1-2H3/t16-,20-/m1/s1. The maximum Gasteiger partial charge on any atom is 0.227 e. The largest absolute Gasteiger partial charge is 0.382 e. The summed E-state index contributed by atoms with van der Waals surface area (Å²) in [5.41, 5.74) is 3.35. The number of para-hydroxylation sites is 2. The number of fused-ring (bicyclic) bond motifs is 1. The van der Waals surface area contributed by atoms with Gasteiger partial charge in [-0.2, -0.15) is 0 Å². The van der Waals surface area contributed by atoms with E-state index in [1.807, 2.05) is 41.3 Å². The molecule has 2 atom stereocenters. The van der Waals surface area contributed by atoms with E-state index in [2.05, 4.69) is 37.4 Å². The predicted molar refractivity (Wildman–Crippen MR) is 100 cm³/mol. The highest BCUT2D eigenvalue weighted by Gasteiger charge is 2.32. The number of carbonyl (C=O) groups is 1. The van der Waals surface area contributed by atoms with E-state index in [4.69, 9.17) is 0 Å². The topological polar surface area (TPSA) is 32.3 Å². The summed E-state index contributed by atoms with van der Waals surface area (Å²) in [7, 11) is 0. The molecule has 0 saturated carbocycles. The van der Waals surface area contributed by atoms with Crippen LogP contribution in [0.15, 0.2) is 54.6 Å². The average molecular weight is 322 g/mol. The van der Waals surface area contributed by atoms with Crippen molar-refractivity contribution in [2.24, 2.45) is 0 Å². The van der Waals surface area contributed by atoms with Crippen LogP contribution < -0.4 is 10.2 Å². The molecule has 2 aromatic carbocycles. The molecule has 126 valence electrons. The third-order valence-electron chi connectivity index (χ3n) is 4.66. The lowest BCUT2D eigenvalue weighted by molar-refractivity contribution is -0.119. The first-order valence-corrected chi connectivity index (χ1v) is 8.93. The van der Waals surface area contributed by atoms with Gasteiger partial charge in [0.15, 0.2) is 0 Å². The molecule has 1 amide bonds. The van der Waals surface area contributed by atoms with E-state index >= 15 is 0 Å². The van der Waals surface area contributed by atoms with Gasteiger partial charge in [-0.05, 0) is 43.5 Å². The second-order valence-electron chi connectivity index (χ2n) is 6.59. The summed E-state index contributed by atoms with van der Waals surface area (Å²) in [6, 6.07) is 18.9. The molecule has 3 rings (SSSR count). The van der Waals surface area contributed by atoms with Gasteiger partial charge in [0.2, 0.25) is 5.91 Å². The lowest BCUT2D eigenvalue weighted by Gasteiger charge is -2.39. The smallest absolute Gasteiger partial charge is 0.227 e. The van der Waals surface area contributed by atoms with Gasteiger partial charge in [-0.3, -0.25) is 4.79 Å². The highest BCUT2D eigenvalue weighted by atomic mass is 16.2. The molecule has 0 aliphatic carbocycles. The van der Waals surface area contributed by atoms with Gasteiger partial charge in [0, 0.05) is 23.8 Å². The van der Waals surface area contributed by atoms with Crippen LogP contribution in [0.5, 0.6) is 0 Å². The lowest BCUT2D eigenvalue weighted by atomic mass is 9.91. The van der Waals surface area contributed by atoms with Crippen LogP contribution >= 0.6 is 0 Å². The number of nitrogens with one attached hydrogen (secondary N) is 1. The van der Waals surface area contributed by atoms with Gasteiger partial charge in [0.1, 0.15) is 0 Å². The van der Waals surface area contributed by atoms with Crippen molar-refractivity contribution >= 4 is 17.3 Å². The third-order valence-corrected chi connectivity index (χ3v) is 4.66. The normalized spacial score (nSPS) is 19.2. The Bertz CT molecular complexity index is 683. The van der Waals surface area contributed by atoms with E-state index in [1.54, 1.807) is 0 Å². The maximum absolute atomic E-state index is 13.0. The van der Waals surface area contributed by atoms with Crippen molar-refractivity contribution in [3.05, 3.63) is 60.2 Å². The van der Waals surface area contributed by atoms with E-state index < -0.39 is 0 Å². The fourth-order valence-electron chi connectivity index (χ4n) is 3.48. The van der Waals surface area contributed by atoms with Gasteiger partial charge in [-0.25, -0.2) is 0 Å². The predicted octanol–water partition coefficient (Wildman–Crippen LogP) is 5.16. The highest BCUT2D eigenvalue weighted by molar-refractivity contribution is 5.94. The first-order chi connectivity index (χ1) is 11.7. The molecule has 1 aliphatic rings. The molecule has 0 saturated heterocycles. The van der Waals surface area contributed by atoms with E-state index in [1.165, 1.54) is 5.56 Å². The molecule has 0 spiro atoms. The molecule has 0 radical (unpaired) electrons. The number of rotatable bonds is 5. The van der Waals surface area contributed by atoms with Crippen LogP contribution in [-0.2, 0) is 4.79 Å². The molecule has 0 fully saturated rings. The molecular formula is C21H26N2O. The van der Waals surface area contributed by atoms with Gasteiger partial charge >= 0.3 is 0 Å². The number of benzene rings is 2. The zero-order valence-electron chi connectivity index (χ0n) is 14.5. The number of nitrogens with zero attached hydrogens (tertiary/aromatic N) is 1. The second kappa shape index (κ2) is 7.52. The number of hydrogen-bond acceptors (Lipinski definition) is 2. The number of hydrogen-bond donors (Lipinski definition) is 1. The Morgan fingerprint density at radius 3 is 2.58 bits per heavy atom. The summed E-state index contributed by atoms with van der Waals surface area (Å²) in [6.07, 6.45) is 3.49. The molecule has 3 heteroatoms. The highest BCUT2D eigenvalue weighted by Crippen LogP contribution is 2.39. The monoisotopic (exact) mass is 322 g/mol. The van der Waals surface area contributed by atoms with E-state index in [-0.39, 0.29) is 11.9 Å². The van der Waals surface area contributed by atoms with Gasteiger partial charge < -0.3 is 10.2 Å². The Labute approximate surface area is 144 Å². The van der Waals surface area contributed by atoms with Gasteiger partial charge in [-0.15, -0.1) is 0 Å². The minimum absolute atomic E-state index is 0.0872. The Hall–Kier alpha value is -2.29. The summed E-state index contributed by atoms with van der Waals surface area (Å²) < 4.78 is 0. The summed E-state index contributed by atoms with van der Waals surface area (Å²) in [6.45, 7) is 4.31. The van der Waals surface area contributed by atoms with Gasteiger partial charge in [0.05, 0.1) is 6.04 Å². The molecule has 0 unspecified atom stereocenters. The van der Waals surface area contributed by atoms with Crippen LogP contribution in [0.25, 0.3) is 0 Å². The molecular weight excluding hydrogens is 296 g/mol. The van der Waals surface area contributed by atoms with E-state index in [9.17, 15) is 4.79 Å². The summed E-state index contributed by atoms with van der Waals surface area (Å²) >= 11 is 0. The lowest BCUT2D eigenvalue weighted by Crippen LogP contribution is -2.40. The van der Waals surface area contributed by atoms with E-state index in [0.29, 0.717) is 12.5 Å². The van der Waals surface area contributed by atoms with Crippen LogP contribution in [-0.4, -0.2) is 11.9 Å². The number of carbonyl (C=O) groups excluding carboxylic acids is 1. The van der Waals surface area contributed by atoms with Crippen LogP contribution in [0.2, 0.25) is 0 Å². The van der Waals surface area contributed by atoms with Gasteiger partial charge in [-0.1, -0.05) is 49.7 Å². The number of anilines is 2. The molecule has 2 aromatic rings. The summed E-state index contributed by atoms with van der Waals surface area (Å²) in [4.78, 5) is 15.0. The number of unbranched alkanes of at least 4 members (excludes halogenated alkanes) is 1. The Balaban J connectivity index is 2.01. The summed E-state index contributed by atoms with van der Waals surface area (Å²) in [5, 5.41) is 3.54. The molecule has 1 heterocycles. The second-order valence-corrected chi connectivity index (χ2v) is 6.59. The zero-order chi connectivity index (χ0) is 16.9. The first-order valence-electron chi connectivity index (χ1n) is 8.93. The van der Waals surface area contributed by atoms with Crippen molar-refractivity contribution in [2.45, 2.75) is 51.6 Å². The van der Waals surface area contributed by atoms with Crippen molar-refractivity contribution in [2.75, 3.05) is 10.2 Å². The molecule has 3 nitrogen and oxygen atoms in total. The third kappa shape index (κ3) is 3.45. The van der Waals surface area contributed by atoms with Crippen molar-refractivity contribution in [3.63, 3.8) is 0 Å². The van der Waals surface area contributed by atoms with Crippen molar-refractivity contribution in [3.8, 4) is 0 Å². The molecule has 0 aromatic heterocycles. The minimum Gasteiger partial charge on any atom is -0.382 e. The van der Waals surface area contributed by atoms with Crippen molar-refractivity contribution < 1.29 is 4.79 Å². The summed E-state index contributed by atoms with van der Waals surface area (Å²) in [5.74, 6) is 0.219. The quantitative estimate of drug-likeness (QED) is 0.825. The fourth-order valence-corrected chi connectivity index (χ4v) is 3.48. The fraction of sp³-hybridized carbons (Fsp3) is 0.381. The Kier molecular flexibility index (Phi) is 5.19.